The Kier molecular flexibility index (Phi) is 4.36. The van der Waals surface area contributed by atoms with E-state index < -0.39 is 0 Å². The van der Waals surface area contributed by atoms with Crippen LogP contribution in [0.3, 0.4) is 0 Å². The number of ether oxygens (including phenoxy) is 2. The van der Waals surface area contributed by atoms with Gasteiger partial charge in [-0.2, -0.15) is 10.4 Å². The van der Waals surface area contributed by atoms with Crippen LogP contribution in [0.1, 0.15) is 54.8 Å². The second-order valence-electron chi connectivity index (χ2n) is 8.47. The molecule has 31 heavy (non-hydrogen) atoms. The molecule has 5 rings (SSSR count). The fourth-order valence-electron chi connectivity index (χ4n) is 4.42. The minimum atomic E-state index is -0.372. The summed E-state index contributed by atoms with van der Waals surface area (Å²) in [5, 5.41) is 14.5. The van der Waals surface area contributed by atoms with Crippen molar-refractivity contribution in [3.63, 3.8) is 0 Å². The summed E-state index contributed by atoms with van der Waals surface area (Å²) in [6, 6.07) is 8.37. The van der Waals surface area contributed by atoms with Crippen molar-refractivity contribution in [3.8, 4) is 29.0 Å². The molecule has 3 heterocycles. The summed E-state index contributed by atoms with van der Waals surface area (Å²) in [4.78, 5) is 8.95. The molecule has 0 radical (unpaired) electrons. The van der Waals surface area contributed by atoms with Crippen molar-refractivity contribution < 1.29 is 9.47 Å². The van der Waals surface area contributed by atoms with E-state index in [0.717, 1.165) is 41.8 Å². The van der Waals surface area contributed by atoms with Crippen molar-refractivity contribution in [2.45, 2.75) is 51.2 Å². The van der Waals surface area contributed by atoms with Crippen LogP contribution in [0.5, 0.6) is 11.6 Å². The van der Waals surface area contributed by atoms with E-state index in [1.54, 1.807) is 17.9 Å². The molecule has 1 fully saturated rings. The molecular formula is C23H24N6O2. The maximum Gasteiger partial charge on any atom is 0.258 e. The van der Waals surface area contributed by atoms with Crippen LogP contribution in [0.2, 0.25) is 0 Å². The highest BCUT2D eigenvalue weighted by molar-refractivity contribution is 5.69. The molecule has 0 saturated heterocycles. The number of nitriles is 1. The molecule has 1 aliphatic heterocycles. The summed E-state index contributed by atoms with van der Waals surface area (Å²) in [5.74, 6) is 1.22. The van der Waals surface area contributed by atoms with E-state index >= 15 is 0 Å². The zero-order valence-electron chi connectivity index (χ0n) is 17.8. The third kappa shape index (κ3) is 3.17. The molecule has 2 aromatic heterocycles. The highest BCUT2D eigenvalue weighted by Crippen LogP contribution is 2.44. The van der Waals surface area contributed by atoms with Crippen LogP contribution < -0.4 is 15.2 Å². The molecule has 1 atom stereocenters. The van der Waals surface area contributed by atoms with Gasteiger partial charge in [0.2, 0.25) is 0 Å². The number of rotatable bonds is 0. The van der Waals surface area contributed by atoms with Crippen molar-refractivity contribution in [3.05, 3.63) is 46.9 Å². The van der Waals surface area contributed by atoms with E-state index in [1.165, 1.54) is 0 Å². The van der Waals surface area contributed by atoms with Gasteiger partial charge in [0.25, 0.3) is 5.88 Å². The van der Waals surface area contributed by atoms with E-state index in [1.807, 2.05) is 26.0 Å². The van der Waals surface area contributed by atoms with Crippen LogP contribution in [0.25, 0.3) is 11.3 Å². The Morgan fingerprint density at radius 1 is 1.32 bits per heavy atom. The van der Waals surface area contributed by atoms with Gasteiger partial charge in [0, 0.05) is 19.0 Å². The van der Waals surface area contributed by atoms with E-state index in [0.29, 0.717) is 23.4 Å². The number of nitrogens with zero attached hydrogens (tertiary/aromatic N) is 5. The van der Waals surface area contributed by atoms with Gasteiger partial charge in [-0.1, -0.05) is 11.6 Å². The van der Waals surface area contributed by atoms with Gasteiger partial charge in [0.15, 0.2) is 5.82 Å². The summed E-state index contributed by atoms with van der Waals surface area (Å²) >= 11 is 0. The van der Waals surface area contributed by atoms with Gasteiger partial charge >= 0.3 is 0 Å². The van der Waals surface area contributed by atoms with Crippen molar-refractivity contribution >= 4 is 5.82 Å². The SMILES string of the molecule is Cc1ccc2c(c1)[C@@H](C)Oc1nc(cnc1N)-c1c(nn(C)c1C#N)CC1(CCC1)O2. The Balaban J connectivity index is 1.75. The number of nitrogens with two attached hydrogens (primary N) is 1. The summed E-state index contributed by atoms with van der Waals surface area (Å²) in [7, 11) is 1.76. The van der Waals surface area contributed by atoms with E-state index in [9.17, 15) is 5.26 Å². The van der Waals surface area contributed by atoms with Crippen molar-refractivity contribution in [1.82, 2.24) is 19.7 Å². The number of fused-ring (bicyclic) bond motifs is 5. The molecule has 8 heteroatoms. The smallest absolute Gasteiger partial charge is 0.258 e. The number of aromatic nitrogens is 4. The predicted molar refractivity (Wildman–Crippen MR) is 114 cm³/mol. The highest BCUT2D eigenvalue weighted by Gasteiger charge is 2.42. The molecule has 1 aromatic carbocycles. The number of nitrogen functional groups attached to an aromatic ring is 1. The van der Waals surface area contributed by atoms with E-state index in [-0.39, 0.29) is 23.4 Å². The van der Waals surface area contributed by atoms with Crippen LogP contribution >= 0.6 is 0 Å². The number of aryl methyl sites for hydroxylation is 2. The molecule has 1 saturated carbocycles. The second kappa shape index (κ2) is 6.98. The lowest BCUT2D eigenvalue weighted by molar-refractivity contribution is -0.00959. The molecule has 2 bridgehead atoms. The van der Waals surface area contributed by atoms with Gasteiger partial charge in [0.05, 0.1) is 23.1 Å². The lowest BCUT2D eigenvalue weighted by Gasteiger charge is -2.42. The number of hydrogen-bond acceptors (Lipinski definition) is 7. The normalized spacial score (nSPS) is 18.8. The lowest BCUT2D eigenvalue weighted by atomic mass is 9.76. The zero-order valence-corrected chi connectivity index (χ0v) is 17.8. The molecule has 1 aliphatic carbocycles. The Morgan fingerprint density at radius 2 is 2.13 bits per heavy atom. The predicted octanol–water partition coefficient (Wildman–Crippen LogP) is 3.64. The largest absolute Gasteiger partial charge is 0.486 e. The number of anilines is 1. The van der Waals surface area contributed by atoms with Crippen LogP contribution in [0.15, 0.2) is 24.4 Å². The average molecular weight is 416 g/mol. The number of hydrogen-bond donors (Lipinski definition) is 1. The topological polar surface area (TPSA) is 112 Å². The fraction of sp³-hybridized carbons (Fsp3) is 0.391. The molecule has 8 nitrogen and oxygen atoms in total. The quantitative estimate of drug-likeness (QED) is 0.595. The molecule has 158 valence electrons. The molecule has 2 aliphatic rings. The van der Waals surface area contributed by atoms with Crippen molar-refractivity contribution in [2.24, 2.45) is 7.05 Å². The molecular weight excluding hydrogens is 392 g/mol. The van der Waals surface area contributed by atoms with Gasteiger partial charge in [-0.25, -0.2) is 9.97 Å². The van der Waals surface area contributed by atoms with Gasteiger partial charge in [-0.15, -0.1) is 0 Å². The molecule has 3 aromatic rings. The van der Waals surface area contributed by atoms with Crippen molar-refractivity contribution in [2.75, 3.05) is 5.73 Å². The standard InChI is InChI=1S/C23H24N6O2/c1-13-5-6-19-15(9-13)14(2)30-22-21(25)26-12-17(27-22)20-16(28-29(3)18(20)11-24)10-23(31-19)7-4-8-23/h5-6,9,12,14H,4,7-8,10H2,1-3H3,(H2,25,26)/t14-/m1/s1. The third-order valence-corrected chi connectivity index (χ3v) is 6.22. The first-order valence-electron chi connectivity index (χ1n) is 10.4. The zero-order chi connectivity index (χ0) is 21.8. The van der Waals surface area contributed by atoms with Crippen molar-refractivity contribution in [1.29, 1.82) is 5.26 Å². The first-order valence-corrected chi connectivity index (χ1v) is 10.4. The Morgan fingerprint density at radius 3 is 2.84 bits per heavy atom. The summed E-state index contributed by atoms with van der Waals surface area (Å²) in [6.45, 7) is 3.99. The van der Waals surface area contributed by atoms with E-state index in [2.05, 4.69) is 27.2 Å². The van der Waals surface area contributed by atoms with Crippen LogP contribution in [0, 0.1) is 18.3 Å². The molecule has 2 N–H and O–H groups in total. The molecule has 0 unspecified atom stereocenters. The third-order valence-electron chi connectivity index (χ3n) is 6.22. The maximum absolute atomic E-state index is 9.79. The van der Waals surface area contributed by atoms with Gasteiger partial charge in [-0.05, 0) is 45.2 Å². The molecule has 1 spiro atoms. The summed E-state index contributed by atoms with van der Waals surface area (Å²) < 4.78 is 14.4. The van der Waals surface area contributed by atoms with E-state index in [4.69, 9.17) is 15.2 Å². The van der Waals surface area contributed by atoms with Crippen LogP contribution in [0.4, 0.5) is 5.82 Å². The Labute approximate surface area is 180 Å². The highest BCUT2D eigenvalue weighted by atomic mass is 16.5. The van der Waals surface area contributed by atoms with Gasteiger partial charge < -0.3 is 15.2 Å². The monoisotopic (exact) mass is 416 g/mol. The summed E-state index contributed by atoms with van der Waals surface area (Å²) in [6.07, 6.45) is 4.75. The average Bonchev–Trinajstić information content (AvgIpc) is 3.03. The lowest BCUT2D eigenvalue weighted by Crippen LogP contribution is -2.45. The first-order chi connectivity index (χ1) is 14.9. The number of benzene rings is 1. The maximum atomic E-state index is 9.79. The minimum Gasteiger partial charge on any atom is -0.486 e. The Hall–Kier alpha value is -3.60. The van der Waals surface area contributed by atoms with Gasteiger partial charge in [0.1, 0.15) is 29.2 Å². The van der Waals surface area contributed by atoms with Crippen LogP contribution in [-0.4, -0.2) is 25.3 Å². The Bertz CT molecular complexity index is 1220. The van der Waals surface area contributed by atoms with Gasteiger partial charge in [-0.3, -0.25) is 4.68 Å². The molecule has 0 amide bonds. The first kappa shape index (κ1) is 19.4. The van der Waals surface area contributed by atoms with Crippen LogP contribution in [-0.2, 0) is 13.5 Å². The second-order valence-corrected chi connectivity index (χ2v) is 8.47. The fourth-order valence-corrected chi connectivity index (χ4v) is 4.42. The minimum absolute atomic E-state index is 0.196. The summed E-state index contributed by atoms with van der Waals surface area (Å²) in [5.41, 5.74) is 10.1.